The fourth-order valence-electron chi connectivity index (χ4n) is 1.87. The van der Waals surface area contributed by atoms with Gasteiger partial charge >= 0.3 is 5.97 Å². The number of rotatable bonds is 7. The maximum atomic E-state index is 11.1. The molecule has 0 bridgehead atoms. The van der Waals surface area contributed by atoms with Crippen LogP contribution in [0.4, 0.5) is 0 Å². The largest absolute Gasteiger partial charge is 0.481 e. The van der Waals surface area contributed by atoms with Gasteiger partial charge in [0.2, 0.25) is 5.91 Å². The van der Waals surface area contributed by atoms with E-state index in [4.69, 9.17) is 5.11 Å². The molecule has 1 amide bonds. The summed E-state index contributed by atoms with van der Waals surface area (Å²) in [5.74, 6) is -0.998. The van der Waals surface area contributed by atoms with Gasteiger partial charge in [0.05, 0.1) is 6.33 Å². The van der Waals surface area contributed by atoms with Gasteiger partial charge in [-0.3, -0.25) is 9.59 Å². The normalized spacial score (nSPS) is 12.1. The van der Waals surface area contributed by atoms with Crippen LogP contribution in [0.25, 0.3) is 0 Å². The maximum Gasteiger partial charge on any atom is 0.303 e. The SMILES string of the molecule is CCn1cncc1CC(CCC(=O)O)NC(C)=O. The molecule has 6 nitrogen and oxygen atoms in total. The van der Waals surface area contributed by atoms with E-state index in [0.717, 1.165) is 12.2 Å². The van der Waals surface area contributed by atoms with Crippen LogP contribution in [-0.4, -0.2) is 32.6 Å². The number of hydrogen-bond donors (Lipinski definition) is 2. The van der Waals surface area contributed by atoms with Crippen molar-refractivity contribution in [2.45, 2.75) is 45.7 Å². The summed E-state index contributed by atoms with van der Waals surface area (Å²) in [6.07, 6.45) is 4.55. The minimum atomic E-state index is -0.852. The molecule has 1 aromatic heterocycles. The van der Waals surface area contributed by atoms with Gasteiger partial charge in [0.25, 0.3) is 0 Å². The van der Waals surface area contributed by atoms with Gasteiger partial charge in [-0.1, -0.05) is 0 Å². The lowest BCUT2D eigenvalue weighted by Crippen LogP contribution is -2.35. The van der Waals surface area contributed by atoms with Crippen molar-refractivity contribution in [1.29, 1.82) is 0 Å². The lowest BCUT2D eigenvalue weighted by molar-refractivity contribution is -0.137. The standard InChI is InChI=1S/C12H19N3O3/c1-3-15-8-13-7-11(15)6-10(14-9(2)16)4-5-12(17)18/h7-8,10H,3-6H2,1-2H3,(H,14,16)(H,17,18). The van der Waals surface area contributed by atoms with E-state index >= 15 is 0 Å². The average Bonchev–Trinajstić information content (AvgIpc) is 2.72. The Balaban J connectivity index is 2.65. The first-order valence-corrected chi connectivity index (χ1v) is 6.00. The Bertz CT molecular complexity index is 414. The topological polar surface area (TPSA) is 84.2 Å². The lowest BCUT2D eigenvalue weighted by atomic mass is 10.1. The summed E-state index contributed by atoms with van der Waals surface area (Å²) >= 11 is 0. The number of imidazole rings is 1. The molecule has 0 fully saturated rings. The first kappa shape index (κ1) is 14.2. The molecular weight excluding hydrogens is 234 g/mol. The van der Waals surface area contributed by atoms with Crippen molar-refractivity contribution in [2.75, 3.05) is 0 Å². The van der Waals surface area contributed by atoms with Gasteiger partial charge in [-0.25, -0.2) is 4.98 Å². The number of nitrogens with one attached hydrogen (secondary N) is 1. The van der Waals surface area contributed by atoms with Crippen LogP contribution in [0.15, 0.2) is 12.5 Å². The number of carboxylic acids is 1. The predicted molar refractivity (Wildman–Crippen MR) is 66.1 cm³/mol. The van der Waals surface area contributed by atoms with Gasteiger partial charge in [-0.2, -0.15) is 0 Å². The van der Waals surface area contributed by atoms with Crippen molar-refractivity contribution < 1.29 is 14.7 Å². The highest BCUT2D eigenvalue weighted by atomic mass is 16.4. The van der Waals surface area contributed by atoms with Crippen LogP contribution in [0, 0.1) is 0 Å². The molecule has 0 radical (unpaired) electrons. The monoisotopic (exact) mass is 253 g/mol. The third kappa shape index (κ3) is 4.57. The van der Waals surface area contributed by atoms with Crippen LogP contribution in [0.3, 0.4) is 0 Å². The van der Waals surface area contributed by atoms with E-state index in [0.29, 0.717) is 12.8 Å². The van der Waals surface area contributed by atoms with E-state index in [9.17, 15) is 9.59 Å². The Labute approximate surface area is 106 Å². The van der Waals surface area contributed by atoms with Crippen LogP contribution in [-0.2, 0) is 22.6 Å². The highest BCUT2D eigenvalue weighted by molar-refractivity contribution is 5.73. The minimum absolute atomic E-state index is 0.0468. The summed E-state index contributed by atoms with van der Waals surface area (Å²) in [5, 5.41) is 11.5. The number of aromatic nitrogens is 2. The fraction of sp³-hybridized carbons (Fsp3) is 0.583. The summed E-state index contributed by atoms with van der Waals surface area (Å²) in [6, 6.07) is -0.166. The first-order valence-electron chi connectivity index (χ1n) is 6.00. The molecule has 0 aliphatic heterocycles. The molecule has 0 saturated carbocycles. The third-order valence-corrected chi connectivity index (χ3v) is 2.71. The Morgan fingerprint density at radius 3 is 2.83 bits per heavy atom. The predicted octanol–water partition coefficient (Wildman–Crippen LogP) is 0.815. The number of hydrogen-bond acceptors (Lipinski definition) is 3. The van der Waals surface area contributed by atoms with Crippen LogP contribution >= 0.6 is 0 Å². The maximum absolute atomic E-state index is 11.1. The Morgan fingerprint density at radius 1 is 1.56 bits per heavy atom. The molecule has 2 N–H and O–H groups in total. The number of aryl methyl sites for hydroxylation is 1. The molecule has 0 aliphatic rings. The van der Waals surface area contributed by atoms with E-state index in [1.807, 2.05) is 11.5 Å². The van der Waals surface area contributed by atoms with Crippen LogP contribution in [0.2, 0.25) is 0 Å². The molecule has 0 aliphatic carbocycles. The highest BCUT2D eigenvalue weighted by Gasteiger charge is 2.14. The van der Waals surface area contributed by atoms with Crippen LogP contribution in [0.5, 0.6) is 0 Å². The van der Waals surface area contributed by atoms with E-state index < -0.39 is 5.97 Å². The average molecular weight is 253 g/mol. The molecule has 1 atom stereocenters. The Hall–Kier alpha value is -1.85. The molecule has 1 aromatic rings. The smallest absolute Gasteiger partial charge is 0.303 e. The molecule has 6 heteroatoms. The minimum Gasteiger partial charge on any atom is -0.481 e. The molecule has 1 heterocycles. The van der Waals surface area contributed by atoms with Crippen molar-refractivity contribution in [3.05, 3.63) is 18.2 Å². The summed E-state index contributed by atoms with van der Waals surface area (Å²) < 4.78 is 1.98. The van der Waals surface area contributed by atoms with E-state index in [1.54, 1.807) is 12.5 Å². The quantitative estimate of drug-likeness (QED) is 0.753. The van der Waals surface area contributed by atoms with Gasteiger partial charge in [0, 0.05) is 44.2 Å². The van der Waals surface area contributed by atoms with Gasteiger partial charge < -0.3 is 15.0 Å². The highest BCUT2D eigenvalue weighted by Crippen LogP contribution is 2.08. The third-order valence-electron chi connectivity index (χ3n) is 2.71. The molecule has 18 heavy (non-hydrogen) atoms. The van der Waals surface area contributed by atoms with E-state index in [-0.39, 0.29) is 18.4 Å². The zero-order chi connectivity index (χ0) is 13.5. The molecule has 0 saturated heterocycles. The second-order valence-corrected chi connectivity index (χ2v) is 4.20. The van der Waals surface area contributed by atoms with Gasteiger partial charge in [0.1, 0.15) is 0 Å². The summed E-state index contributed by atoms with van der Waals surface area (Å²) in [6.45, 7) is 4.25. The lowest BCUT2D eigenvalue weighted by Gasteiger charge is -2.17. The second kappa shape index (κ2) is 6.78. The summed E-state index contributed by atoms with van der Waals surface area (Å²) in [4.78, 5) is 25.7. The van der Waals surface area contributed by atoms with Gasteiger partial charge in [-0.05, 0) is 13.3 Å². The van der Waals surface area contributed by atoms with Crippen molar-refractivity contribution in [3.8, 4) is 0 Å². The number of nitrogens with zero attached hydrogens (tertiary/aromatic N) is 2. The van der Waals surface area contributed by atoms with Crippen molar-refractivity contribution >= 4 is 11.9 Å². The molecule has 0 aromatic carbocycles. The zero-order valence-electron chi connectivity index (χ0n) is 10.7. The summed E-state index contributed by atoms with van der Waals surface area (Å²) in [5.41, 5.74) is 1.00. The molecular formula is C12H19N3O3. The molecule has 1 rings (SSSR count). The fourth-order valence-corrected chi connectivity index (χ4v) is 1.87. The molecule has 1 unspecified atom stereocenters. The summed E-state index contributed by atoms with van der Waals surface area (Å²) in [7, 11) is 0. The second-order valence-electron chi connectivity index (χ2n) is 4.20. The number of carboxylic acid groups (broad SMARTS) is 1. The number of aliphatic carboxylic acids is 1. The van der Waals surface area contributed by atoms with Crippen LogP contribution < -0.4 is 5.32 Å². The van der Waals surface area contributed by atoms with Crippen molar-refractivity contribution in [1.82, 2.24) is 14.9 Å². The Kier molecular flexibility index (Phi) is 5.35. The van der Waals surface area contributed by atoms with Crippen molar-refractivity contribution in [3.63, 3.8) is 0 Å². The number of carbonyl (C=O) groups is 2. The number of carbonyl (C=O) groups excluding carboxylic acids is 1. The first-order chi connectivity index (χ1) is 8.52. The van der Waals surface area contributed by atoms with Crippen LogP contribution in [0.1, 0.15) is 32.4 Å². The van der Waals surface area contributed by atoms with Gasteiger partial charge in [-0.15, -0.1) is 0 Å². The number of amides is 1. The van der Waals surface area contributed by atoms with E-state index in [2.05, 4.69) is 10.3 Å². The van der Waals surface area contributed by atoms with E-state index in [1.165, 1.54) is 6.92 Å². The Morgan fingerprint density at radius 2 is 2.28 bits per heavy atom. The molecule has 0 spiro atoms. The van der Waals surface area contributed by atoms with Gasteiger partial charge in [0.15, 0.2) is 0 Å². The molecule has 100 valence electrons. The van der Waals surface area contributed by atoms with Crippen molar-refractivity contribution in [2.24, 2.45) is 0 Å². The zero-order valence-corrected chi connectivity index (χ0v) is 10.7.